The van der Waals surface area contributed by atoms with Gasteiger partial charge < -0.3 is 19.4 Å². The number of amidine groups is 1. The average Bonchev–Trinajstić information content (AvgIpc) is 2.87. The van der Waals surface area contributed by atoms with Crippen LogP contribution in [-0.4, -0.2) is 47.3 Å². The van der Waals surface area contributed by atoms with Gasteiger partial charge in [0.15, 0.2) is 0 Å². The third kappa shape index (κ3) is 4.40. The molecule has 0 bridgehead atoms. The van der Waals surface area contributed by atoms with Gasteiger partial charge in [0.25, 0.3) is 0 Å². The lowest BCUT2D eigenvalue weighted by Gasteiger charge is -2.27. The van der Waals surface area contributed by atoms with E-state index in [2.05, 4.69) is 10.3 Å². The fourth-order valence-electron chi connectivity index (χ4n) is 2.29. The summed E-state index contributed by atoms with van der Waals surface area (Å²) in [6, 6.07) is 7.39. The highest BCUT2D eigenvalue weighted by Gasteiger charge is 2.40. The molecule has 0 amide bonds. The molecule has 0 radical (unpaired) electrons. The molecule has 0 saturated heterocycles. The van der Waals surface area contributed by atoms with Crippen LogP contribution in [0.5, 0.6) is 5.75 Å². The number of para-hydroxylation sites is 1. The molecule has 0 atom stereocenters. The predicted octanol–water partition coefficient (Wildman–Crippen LogP) is 2.64. The Morgan fingerprint density at radius 2 is 2.08 bits per heavy atom. The number of methoxy groups -OCH3 is 1. The van der Waals surface area contributed by atoms with E-state index in [0.29, 0.717) is 29.7 Å². The van der Waals surface area contributed by atoms with E-state index in [4.69, 9.17) is 19.4 Å². The summed E-state index contributed by atoms with van der Waals surface area (Å²) in [6.07, 6.45) is 0.101. The van der Waals surface area contributed by atoms with Crippen LogP contribution in [0.2, 0.25) is 0 Å². The lowest BCUT2D eigenvalue weighted by Crippen LogP contribution is -2.41. The SMILES string of the molecule is CCOC(CCC(=O)O)=NN1C(c2ccccc2OC)=NOC1(C)C. The summed E-state index contributed by atoms with van der Waals surface area (Å²) in [5.74, 6) is 0.496. The highest BCUT2D eigenvalue weighted by molar-refractivity contribution is 6.02. The molecule has 1 aromatic carbocycles. The zero-order chi connectivity index (χ0) is 18.4. The van der Waals surface area contributed by atoms with Crippen LogP contribution in [-0.2, 0) is 14.4 Å². The van der Waals surface area contributed by atoms with Crippen molar-refractivity contribution in [2.45, 2.75) is 39.3 Å². The minimum absolute atomic E-state index is 0.0743. The van der Waals surface area contributed by atoms with Gasteiger partial charge in [0.05, 0.1) is 25.7 Å². The molecule has 136 valence electrons. The Kier molecular flexibility index (Phi) is 5.84. The van der Waals surface area contributed by atoms with Crippen LogP contribution >= 0.6 is 0 Å². The third-order valence-corrected chi connectivity index (χ3v) is 3.49. The number of carbonyl (C=O) groups is 1. The Morgan fingerprint density at radius 3 is 2.72 bits per heavy atom. The van der Waals surface area contributed by atoms with Crippen LogP contribution in [0.3, 0.4) is 0 Å². The van der Waals surface area contributed by atoms with Gasteiger partial charge in [-0.05, 0) is 32.9 Å². The summed E-state index contributed by atoms with van der Waals surface area (Å²) >= 11 is 0. The molecule has 1 heterocycles. The first kappa shape index (κ1) is 18.6. The standard InChI is InChI=1S/C17H23N3O5/c1-5-24-14(10-11-15(21)22)18-20-16(19-25-17(20,2)3)12-8-6-7-9-13(12)23-4/h6-9H,5,10-11H2,1-4H3,(H,21,22). The van der Waals surface area contributed by atoms with Gasteiger partial charge in [0.2, 0.25) is 17.5 Å². The van der Waals surface area contributed by atoms with Gasteiger partial charge in [0.1, 0.15) is 5.75 Å². The molecule has 0 aliphatic carbocycles. The van der Waals surface area contributed by atoms with Crippen molar-refractivity contribution in [2.75, 3.05) is 13.7 Å². The molecule has 0 unspecified atom stereocenters. The van der Waals surface area contributed by atoms with E-state index in [-0.39, 0.29) is 12.8 Å². The van der Waals surface area contributed by atoms with E-state index in [0.717, 1.165) is 0 Å². The highest BCUT2D eigenvalue weighted by Crippen LogP contribution is 2.31. The molecule has 0 aromatic heterocycles. The van der Waals surface area contributed by atoms with Crippen LogP contribution in [0, 0.1) is 0 Å². The lowest BCUT2D eigenvalue weighted by atomic mass is 10.1. The number of hydrogen-bond donors (Lipinski definition) is 1. The second-order valence-corrected chi connectivity index (χ2v) is 5.79. The molecule has 8 heteroatoms. The maximum atomic E-state index is 10.9. The quantitative estimate of drug-likeness (QED) is 0.601. The van der Waals surface area contributed by atoms with Crippen molar-refractivity contribution < 1.29 is 24.2 Å². The molecular weight excluding hydrogens is 326 g/mol. The maximum Gasteiger partial charge on any atom is 0.303 e. The number of benzene rings is 1. The number of hydrogen-bond acceptors (Lipinski definition) is 7. The number of oxime groups is 1. The van der Waals surface area contributed by atoms with Crippen LogP contribution in [0.1, 0.15) is 39.2 Å². The molecule has 0 fully saturated rings. The Labute approximate surface area is 146 Å². The zero-order valence-corrected chi connectivity index (χ0v) is 14.9. The summed E-state index contributed by atoms with van der Waals surface area (Å²) in [7, 11) is 1.58. The average molecular weight is 349 g/mol. The lowest BCUT2D eigenvalue weighted by molar-refractivity contribution is -0.136. The molecule has 1 aromatic rings. The topological polar surface area (TPSA) is 93.0 Å². The van der Waals surface area contributed by atoms with Gasteiger partial charge in [-0.15, -0.1) is 5.10 Å². The minimum atomic E-state index is -0.914. The molecular formula is C17H23N3O5. The smallest absolute Gasteiger partial charge is 0.303 e. The van der Waals surface area contributed by atoms with E-state index in [1.54, 1.807) is 12.1 Å². The monoisotopic (exact) mass is 349 g/mol. The Morgan fingerprint density at radius 1 is 1.36 bits per heavy atom. The summed E-state index contributed by atoms with van der Waals surface area (Å²) in [4.78, 5) is 16.4. The normalized spacial score (nSPS) is 16.2. The molecule has 25 heavy (non-hydrogen) atoms. The summed E-state index contributed by atoms with van der Waals surface area (Å²) in [6.45, 7) is 5.82. The number of carboxylic acids is 1. The fraction of sp³-hybridized carbons (Fsp3) is 0.471. The predicted molar refractivity (Wildman–Crippen MR) is 92.5 cm³/mol. The first-order chi connectivity index (χ1) is 11.9. The zero-order valence-electron chi connectivity index (χ0n) is 14.9. The Bertz CT molecular complexity index is 685. The second kappa shape index (κ2) is 7.87. The third-order valence-electron chi connectivity index (χ3n) is 3.49. The number of carboxylic acid groups (broad SMARTS) is 1. The van der Waals surface area contributed by atoms with Crippen molar-refractivity contribution in [3.05, 3.63) is 29.8 Å². The number of hydrazone groups is 1. The van der Waals surface area contributed by atoms with Crippen LogP contribution in [0.15, 0.2) is 34.5 Å². The summed E-state index contributed by atoms with van der Waals surface area (Å²) in [5.41, 5.74) is -0.129. The Hall–Kier alpha value is -2.77. The molecule has 8 nitrogen and oxygen atoms in total. The highest BCUT2D eigenvalue weighted by atomic mass is 16.7. The van der Waals surface area contributed by atoms with Gasteiger partial charge in [-0.1, -0.05) is 17.3 Å². The maximum absolute atomic E-state index is 10.9. The summed E-state index contributed by atoms with van der Waals surface area (Å²) in [5, 5.41) is 19.1. The van der Waals surface area contributed by atoms with Crippen LogP contribution in [0.4, 0.5) is 0 Å². The van der Waals surface area contributed by atoms with Gasteiger partial charge in [-0.25, -0.2) is 0 Å². The molecule has 1 aliphatic rings. The summed E-state index contributed by atoms with van der Waals surface area (Å²) < 4.78 is 10.9. The van der Waals surface area contributed by atoms with Gasteiger partial charge >= 0.3 is 5.97 Å². The molecule has 1 N–H and O–H groups in total. The molecule has 0 saturated carbocycles. The van der Waals surface area contributed by atoms with E-state index < -0.39 is 11.7 Å². The van der Waals surface area contributed by atoms with Crippen LogP contribution < -0.4 is 4.74 Å². The van der Waals surface area contributed by atoms with Crippen molar-refractivity contribution in [1.82, 2.24) is 5.01 Å². The number of nitrogens with zero attached hydrogens (tertiary/aromatic N) is 3. The van der Waals surface area contributed by atoms with Crippen molar-refractivity contribution in [1.29, 1.82) is 0 Å². The number of ether oxygens (including phenoxy) is 2. The number of rotatable bonds is 7. The van der Waals surface area contributed by atoms with Crippen molar-refractivity contribution in [3.8, 4) is 5.75 Å². The van der Waals surface area contributed by atoms with Crippen molar-refractivity contribution >= 4 is 17.7 Å². The Balaban J connectivity index is 2.38. The number of aliphatic carboxylic acids is 1. The molecule has 0 spiro atoms. The molecule has 1 aliphatic heterocycles. The van der Waals surface area contributed by atoms with E-state index in [1.807, 2.05) is 45.0 Å². The van der Waals surface area contributed by atoms with Gasteiger partial charge in [0, 0.05) is 6.42 Å². The first-order valence-electron chi connectivity index (χ1n) is 8.01. The van der Waals surface area contributed by atoms with Crippen molar-refractivity contribution in [3.63, 3.8) is 0 Å². The van der Waals surface area contributed by atoms with Gasteiger partial charge in [-0.3, -0.25) is 4.79 Å². The largest absolute Gasteiger partial charge is 0.496 e. The molecule has 2 rings (SSSR count). The minimum Gasteiger partial charge on any atom is -0.496 e. The second-order valence-electron chi connectivity index (χ2n) is 5.79. The van der Waals surface area contributed by atoms with Crippen molar-refractivity contribution in [2.24, 2.45) is 10.3 Å². The fourth-order valence-corrected chi connectivity index (χ4v) is 2.29. The first-order valence-corrected chi connectivity index (χ1v) is 8.01. The van der Waals surface area contributed by atoms with Gasteiger partial charge in [-0.2, -0.15) is 5.01 Å². The van der Waals surface area contributed by atoms with E-state index in [9.17, 15) is 4.79 Å². The van der Waals surface area contributed by atoms with Crippen LogP contribution in [0.25, 0.3) is 0 Å². The van der Waals surface area contributed by atoms with E-state index in [1.165, 1.54) is 0 Å². The van der Waals surface area contributed by atoms with E-state index >= 15 is 0 Å².